The zero-order chi connectivity index (χ0) is 20.6. The van der Waals surface area contributed by atoms with Crippen LogP contribution in [0.25, 0.3) is 16.4 Å². The van der Waals surface area contributed by atoms with Crippen LogP contribution in [0.1, 0.15) is 16.0 Å². The summed E-state index contributed by atoms with van der Waals surface area (Å²) < 4.78 is 24.7. The lowest BCUT2D eigenvalue weighted by Gasteiger charge is -2.06. The Morgan fingerprint density at radius 3 is 2.34 bits per heavy atom. The molecule has 9 heteroatoms. The van der Waals surface area contributed by atoms with E-state index in [1.807, 2.05) is 37.3 Å². The van der Waals surface area contributed by atoms with Crippen LogP contribution in [-0.4, -0.2) is 23.2 Å². The lowest BCUT2D eigenvalue weighted by atomic mass is 10.0. The summed E-state index contributed by atoms with van der Waals surface area (Å²) in [4.78, 5) is 5.54. The van der Waals surface area contributed by atoms with Gasteiger partial charge >= 0.3 is 0 Å². The van der Waals surface area contributed by atoms with Crippen molar-refractivity contribution >= 4 is 27.2 Å². The van der Waals surface area contributed by atoms with E-state index < -0.39 is 10.0 Å². The average Bonchev–Trinajstić information content (AvgIpc) is 3.26. The molecule has 0 fully saturated rings. The van der Waals surface area contributed by atoms with Crippen LogP contribution in [0.2, 0.25) is 0 Å². The van der Waals surface area contributed by atoms with Gasteiger partial charge in [0.15, 0.2) is 0 Å². The average molecular weight is 426 g/mol. The maximum atomic E-state index is 11.5. The summed E-state index contributed by atoms with van der Waals surface area (Å²) in [5.74, 6) is 0.508. The minimum atomic E-state index is -3.73. The molecular formula is C20H19N5O2S2. The van der Waals surface area contributed by atoms with Gasteiger partial charge in [-0.25, -0.2) is 18.5 Å². The molecule has 4 N–H and O–H groups in total. The molecule has 0 unspecified atom stereocenters. The molecule has 29 heavy (non-hydrogen) atoms. The van der Waals surface area contributed by atoms with E-state index in [2.05, 4.69) is 4.98 Å². The van der Waals surface area contributed by atoms with Crippen LogP contribution in [-0.2, 0) is 16.4 Å². The van der Waals surface area contributed by atoms with Crippen LogP contribution in [0.15, 0.2) is 65.7 Å². The van der Waals surface area contributed by atoms with E-state index in [-0.39, 0.29) is 4.90 Å². The predicted octanol–water partition coefficient (Wildman–Crippen LogP) is 3.12. The third-order valence-corrected chi connectivity index (χ3v) is 6.31. The molecule has 0 aliphatic carbocycles. The van der Waals surface area contributed by atoms with Crippen molar-refractivity contribution in [2.75, 3.05) is 5.73 Å². The number of hydrogen-bond donors (Lipinski definition) is 2. The van der Waals surface area contributed by atoms with Crippen LogP contribution in [0.3, 0.4) is 0 Å². The van der Waals surface area contributed by atoms with Gasteiger partial charge in [0, 0.05) is 28.6 Å². The number of sulfonamides is 1. The molecule has 2 heterocycles. The molecule has 2 aromatic heterocycles. The number of hydrogen-bond acceptors (Lipinski definition) is 6. The maximum absolute atomic E-state index is 11.5. The van der Waals surface area contributed by atoms with Gasteiger partial charge in [0.05, 0.1) is 10.6 Å². The Morgan fingerprint density at radius 2 is 1.76 bits per heavy atom. The number of rotatable bonds is 5. The van der Waals surface area contributed by atoms with Crippen molar-refractivity contribution in [1.82, 2.24) is 14.8 Å². The first kappa shape index (κ1) is 19.3. The van der Waals surface area contributed by atoms with Gasteiger partial charge in [-0.3, -0.25) is 0 Å². The van der Waals surface area contributed by atoms with E-state index in [0.717, 1.165) is 27.3 Å². The number of nitrogen functional groups attached to an aromatic ring is 1. The highest BCUT2D eigenvalue weighted by atomic mass is 32.2. The highest BCUT2D eigenvalue weighted by Gasteiger charge is 2.20. The number of aromatic nitrogens is 3. The summed E-state index contributed by atoms with van der Waals surface area (Å²) in [6.45, 7) is 1.98. The van der Waals surface area contributed by atoms with Crippen LogP contribution in [0, 0.1) is 6.92 Å². The quantitative estimate of drug-likeness (QED) is 0.509. The van der Waals surface area contributed by atoms with Gasteiger partial charge < -0.3 is 5.73 Å². The summed E-state index contributed by atoms with van der Waals surface area (Å²) in [7, 11) is -3.73. The molecule has 0 aliphatic rings. The van der Waals surface area contributed by atoms with E-state index >= 15 is 0 Å². The molecule has 0 bridgehead atoms. The molecule has 0 aliphatic heterocycles. The highest BCUT2D eigenvalue weighted by molar-refractivity contribution is 7.89. The standard InChI is InChI=1S/C20H19N5O2S2/c1-13-12-23-20(28-13)25-19(21)17(18(24-25)15-5-3-2-4-6-15)11-14-7-9-16(10-8-14)29(22,26)27/h2-10,12H,11,21H2,1H3,(H2,22,26,27). The Bertz CT molecular complexity index is 1260. The summed E-state index contributed by atoms with van der Waals surface area (Å²) >= 11 is 1.51. The monoisotopic (exact) mass is 425 g/mol. The number of nitrogens with zero attached hydrogens (tertiary/aromatic N) is 3. The second kappa shape index (κ2) is 7.43. The summed E-state index contributed by atoms with van der Waals surface area (Å²) in [6.07, 6.45) is 2.28. The van der Waals surface area contributed by atoms with Gasteiger partial charge in [-0.2, -0.15) is 9.78 Å². The van der Waals surface area contributed by atoms with Gasteiger partial charge in [-0.05, 0) is 24.6 Å². The summed E-state index contributed by atoms with van der Waals surface area (Å²) in [5.41, 5.74) is 9.95. The predicted molar refractivity (Wildman–Crippen MR) is 114 cm³/mol. The van der Waals surface area contributed by atoms with Crippen molar-refractivity contribution in [3.63, 3.8) is 0 Å². The zero-order valence-corrected chi connectivity index (χ0v) is 17.2. The molecule has 2 aromatic carbocycles. The van der Waals surface area contributed by atoms with Gasteiger partial charge in [0.1, 0.15) is 5.82 Å². The fraction of sp³-hybridized carbons (Fsp3) is 0.100. The Morgan fingerprint density at radius 1 is 1.07 bits per heavy atom. The first-order chi connectivity index (χ1) is 13.8. The Hall–Kier alpha value is -3.01. The molecule has 0 atom stereocenters. The molecule has 0 saturated heterocycles. The number of primary sulfonamides is 1. The highest BCUT2D eigenvalue weighted by Crippen LogP contribution is 2.32. The molecule has 4 rings (SSSR count). The van der Waals surface area contributed by atoms with Crippen LogP contribution >= 0.6 is 11.3 Å². The minimum Gasteiger partial charge on any atom is -0.383 e. The number of benzene rings is 2. The Balaban J connectivity index is 1.80. The molecule has 4 aromatic rings. The number of aryl methyl sites for hydroxylation is 1. The number of anilines is 1. The van der Waals surface area contributed by atoms with Crippen molar-refractivity contribution in [3.05, 3.63) is 76.8 Å². The molecular weight excluding hydrogens is 406 g/mol. The number of thiazole rings is 1. The second-order valence-corrected chi connectivity index (χ2v) is 9.38. The fourth-order valence-corrected chi connectivity index (χ4v) is 4.29. The summed E-state index contributed by atoms with van der Waals surface area (Å²) in [6, 6.07) is 16.3. The van der Waals surface area contributed by atoms with Crippen LogP contribution in [0.5, 0.6) is 0 Å². The first-order valence-corrected chi connectivity index (χ1v) is 11.2. The zero-order valence-electron chi connectivity index (χ0n) is 15.6. The largest absolute Gasteiger partial charge is 0.383 e. The van der Waals surface area contributed by atoms with E-state index in [1.165, 1.54) is 23.5 Å². The third kappa shape index (κ3) is 3.93. The normalized spacial score (nSPS) is 11.7. The molecule has 0 saturated carbocycles. The van der Waals surface area contributed by atoms with Gasteiger partial charge in [-0.1, -0.05) is 42.5 Å². The Kier molecular flexibility index (Phi) is 4.95. The third-order valence-electron chi connectivity index (χ3n) is 4.49. The van der Waals surface area contributed by atoms with Gasteiger partial charge in [0.2, 0.25) is 15.2 Å². The van der Waals surface area contributed by atoms with Gasteiger partial charge in [0.25, 0.3) is 0 Å². The SMILES string of the molecule is Cc1cnc(-n2nc(-c3ccccc3)c(Cc3ccc(S(N)(=O)=O)cc3)c2N)s1. The van der Waals surface area contributed by atoms with Crippen molar-refractivity contribution < 1.29 is 8.42 Å². The minimum absolute atomic E-state index is 0.0754. The van der Waals surface area contributed by atoms with Crippen LogP contribution in [0.4, 0.5) is 5.82 Å². The van der Waals surface area contributed by atoms with Crippen molar-refractivity contribution in [2.24, 2.45) is 5.14 Å². The molecule has 0 amide bonds. The van der Waals surface area contributed by atoms with Crippen molar-refractivity contribution in [3.8, 4) is 16.4 Å². The van der Waals surface area contributed by atoms with Crippen LogP contribution < -0.4 is 10.9 Å². The Labute approximate surface area is 172 Å². The molecule has 0 radical (unpaired) electrons. The second-order valence-electron chi connectivity index (χ2n) is 6.61. The van der Waals surface area contributed by atoms with E-state index in [1.54, 1.807) is 23.0 Å². The fourth-order valence-electron chi connectivity index (χ4n) is 3.05. The van der Waals surface area contributed by atoms with Crippen molar-refractivity contribution in [2.45, 2.75) is 18.2 Å². The number of nitrogens with two attached hydrogens (primary N) is 2. The molecule has 0 spiro atoms. The van der Waals surface area contributed by atoms with E-state index in [4.69, 9.17) is 16.0 Å². The van der Waals surface area contributed by atoms with Gasteiger partial charge in [-0.15, -0.1) is 11.3 Å². The smallest absolute Gasteiger partial charge is 0.238 e. The van der Waals surface area contributed by atoms with Crippen molar-refractivity contribution in [1.29, 1.82) is 0 Å². The molecule has 148 valence electrons. The van der Waals surface area contributed by atoms with E-state index in [0.29, 0.717) is 17.4 Å². The first-order valence-electron chi connectivity index (χ1n) is 8.80. The van der Waals surface area contributed by atoms with E-state index in [9.17, 15) is 8.42 Å². The topological polar surface area (TPSA) is 117 Å². The lowest BCUT2D eigenvalue weighted by Crippen LogP contribution is -2.11. The lowest BCUT2D eigenvalue weighted by molar-refractivity contribution is 0.598. The molecule has 7 nitrogen and oxygen atoms in total. The maximum Gasteiger partial charge on any atom is 0.238 e. The summed E-state index contributed by atoms with van der Waals surface area (Å²) in [5, 5.41) is 10.6.